The van der Waals surface area contributed by atoms with Crippen LogP contribution in [0.1, 0.15) is 34.1 Å². The monoisotopic (exact) mass is 362 g/mol. The maximum absolute atomic E-state index is 11.5. The molecule has 1 aromatic rings. The van der Waals surface area contributed by atoms with Gasteiger partial charge in [-0.1, -0.05) is 6.92 Å². The normalized spacial score (nSPS) is 9.67. The number of carbonyl (C=O) groups excluding carboxylic acids is 3. The predicted molar refractivity (Wildman–Crippen MR) is 71.5 cm³/mol. The first-order valence-electron chi connectivity index (χ1n) is 5.17. The molecule has 0 aliphatic carbocycles. The van der Waals surface area contributed by atoms with Crippen molar-refractivity contribution in [2.24, 2.45) is 0 Å². The van der Waals surface area contributed by atoms with Crippen molar-refractivity contribution in [2.45, 2.75) is 13.3 Å². The highest BCUT2D eigenvalue weighted by Gasteiger charge is 2.09. The number of benzene rings is 1. The Kier molecular flexibility index (Phi) is 5.76. The summed E-state index contributed by atoms with van der Waals surface area (Å²) in [6.07, 6.45) is 0.226. The van der Waals surface area contributed by atoms with Crippen molar-refractivity contribution in [2.75, 3.05) is 6.79 Å². The Labute approximate surface area is 118 Å². The molecule has 1 rings (SSSR count). The molecule has 18 heavy (non-hydrogen) atoms. The average molecular weight is 362 g/mol. The lowest BCUT2D eigenvalue weighted by molar-refractivity contribution is -0.151. The molecule has 0 saturated carbocycles. The van der Waals surface area contributed by atoms with Crippen molar-refractivity contribution < 1.29 is 23.9 Å². The third-order valence-corrected chi connectivity index (χ3v) is 2.67. The van der Waals surface area contributed by atoms with Crippen LogP contribution in [0.3, 0.4) is 0 Å². The molecule has 0 unspecified atom stereocenters. The Morgan fingerprint density at radius 2 is 1.61 bits per heavy atom. The molecule has 0 fully saturated rings. The molecule has 96 valence electrons. The van der Waals surface area contributed by atoms with Crippen LogP contribution in [0.4, 0.5) is 0 Å². The van der Waals surface area contributed by atoms with Crippen molar-refractivity contribution >= 4 is 38.3 Å². The first kappa shape index (κ1) is 14.6. The second-order valence-electron chi connectivity index (χ2n) is 3.27. The molecule has 0 heterocycles. The molecule has 0 amide bonds. The van der Waals surface area contributed by atoms with E-state index in [1.54, 1.807) is 29.5 Å². The fourth-order valence-corrected chi connectivity index (χ4v) is 1.43. The summed E-state index contributed by atoms with van der Waals surface area (Å²) in [5, 5.41) is 0. The summed E-state index contributed by atoms with van der Waals surface area (Å²) in [4.78, 5) is 33.3. The lowest BCUT2D eigenvalue weighted by Crippen LogP contribution is -2.12. The Balaban J connectivity index is 2.51. The van der Waals surface area contributed by atoms with Gasteiger partial charge < -0.3 is 9.47 Å². The summed E-state index contributed by atoms with van der Waals surface area (Å²) in [5.74, 6) is -1.04. The molecular weight excluding hydrogens is 351 g/mol. The molecule has 1 aromatic carbocycles. The van der Waals surface area contributed by atoms with Gasteiger partial charge in [-0.2, -0.15) is 0 Å². The van der Waals surface area contributed by atoms with E-state index in [1.165, 1.54) is 24.3 Å². The maximum atomic E-state index is 11.5. The van der Waals surface area contributed by atoms with E-state index in [-0.39, 0.29) is 10.2 Å². The zero-order chi connectivity index (χ0) is 13.5. The van der Waals surface area contributed by atoms with E-state index in [2.05, 4.69) is 4.74 Å². The average Bonchev–Trinajstić information content (AvgIpc) is 2.38. The molecule has 0 radical (unpaired) electrons. The van der Waals surface area contributed by atoms with Crippen molar-refractivity contribution in [1.29, 1.82) is 0 Å². The Bertz CT molecular complexity index is 452. The summed E-state index contributed by atoms with van der Waals surface area (Å²) in [6.45, 7) is 1.24. The van der Waals surface area contributed by atoms with Crippen molar-refractivity contribution in [3.05, 3.63) is 35.4 Å². The molecule has 0 aromatic heterocycles. The summed E-state index contributed by atoms with van der Waals surface area (Å²) in [6, 6.07) is 6.03. The third kappa shape index (κ3) is 4.44. The summed E-state index contributed by atoms with van der Waals surface area (Å²) < 4.78 is 9.23. The fourth-order valence-electron chi connectivity index (χ4n) is 1.07. The van der Waals surface area contributed by atoms with Crippen molar-refractivity contribution in [1.82, 2.24) is 0 Å². The van der Waals surface area contributed by atoms with Crippen LogP contribution in [0, 0.1) is 0 Å². The largest absolute Gasteiger partial charge is 0.428 e. The molecule has 6 heteroatoms. The quantitative estimate of drug-likeness (QED) is 0.348. The van der Waals surface area contributed by atoms with Crippen LogP contribution in [0.15, 0.2) is 24.3 Å². The SMILES string of the molecule is CCC(=O)OCOC(=O)c1ccc(C(=O)I)cc1. The highest BCUT2D eigenvalue weighted by atomic mass is 127. The highest BCUT2D eigenvalue weighted by molar-refractivity contribution is 14.1. The lowest BCUT2D eigenvalue weighted by atomic mass is 10.1. The second kappa shape index (κ2) is 7.10. The zero-order valence-corrected chi connectivity index (χ0v) is 11.8. The minimum Gasteiger partial charge on any atom is -0.428 e. The number of halogens is 1. The Morgan fingerprint density at radius 1 is 1.06 bits per heavy atom. The molecule has 0 atom stereocenters. The first-order valence-corrected chi connectivity index (χ1v) is 6.25. The minimum atomic E-state index is -0.605. The first-order chi connectivity index (χ1) is 8.54. The molecule has 0 spiro atoms. The zero-order valence-electron chi connectivity index (χ0n) is 9.64. The number of hydrogen-bond donors (Lipinski definition) is 0. The van der Waals surface area contributed by atoms with Gasteiger partial charge in [0.15, 0.2) is 0 Å². The third-order valence-electron chi connectivity index (χ3n) is 2.05. The van der Waals surface area contributed by atoms with Gasteiger partial charge in [-0.25, -0.2) is 4.79 Å². The highest BCUT2D eigenvalue weighted by Crippen LogP contribution is 2.09. The smallest absolute Gasteiger partial charge is 0.340 e. The molecule has 0 bridgehead atoms. The number of ether oxygens (including phenoxy) is 2. The van der Waals surface area contributed by atoms with Crippen LogP contribution in [-0.2, 0) is 14.3 Å². The summed E-state index contributed by atoms with van der Waals surface area (Å²) in [5.41, 5.74) is 0.800. The predicted octanol–water partition coefficient (Wildman–Crippen LogP) is 2.33. The molecule has 0 saturated heterocycles. The van der Waals surface area contributed by atoms with Gasteiger partial charge in [0.1, 0.15) is 0 Å². The molecular formula is C12H11IO5. The van der Waals surface area contributed by atoms with E-state index < -0.39 is 18.7 Å². The molecule has 5 nitrogen and oxygen atoms in total. The van der Waals surface area contributed by atoms with E-state index >= 15 is 0 Å². The number of hydrogen-bond acceptors (Lipinski definition) is 5. The van der Waals surface area contributed by atoms with Gasteiger partial charge in [0.25, 0.3) is 0 Å². The van der Waals surface area contributed by atoms with Gasteiger partial charge in [-0.15, -0.1) is 0 Å². The van der Waals surface area contributed by atoms with Gasteiger partial charge in [0.05, 0.1) is 5.56 Å². The molecule has 0 N–H and O–H groups in total. The van der Waals surface area contributed by atoms with E-state index in [0.29, 0.717) is 11.1 Å². The summed E-state index contributed by atoms with van der Waals surface area (Å²) in [7, 11) is 0. The Morgan fingerprint density at radius 3 is 2.11 bits per heavy atom. The van der Waals surface area contributed by atoms with Crippen LogP contribution in [-0.4, -0.2) is 22.5 Å². The van der Waals surface area contributed by atoms with E-state index in [0.717, 1.165) is 0 Å². The number of esters is 2. The van der Waals surface area contributed by atoms with Crippen molar-refractivity contribution in [3.63, 3.8) is 0 Å². The van der Waals surface area contributed by atoms with Crippen LogP contribution >= 0.6 is 22.6 Å². The molecule has 0 aliphatic rings. The maximum Gasteiger partial charge on any atom is 0.340 e. The van der Waals surface area contributed by atoms with E-state index in [1.807, 2.05) is 0 Å². The lowest BCUT2D eigenvalue weighted by Gasteiger charge is -2.05. The minimum absolute atomic E-state index is 0.107. The molecule has 0 aliphatic heterocycles. The topological polar surface area (TPSA) is 69.7 Å². The van der Waals surface area contributed by atoms with Gasteiger partial charge in [-0.05, 0) is 24.3 Å². The fraction of sp³-hybridized carbons (Fsp3) is 0.250. The number of rotatable bonds is 5. The Hall–Kier alpha value is -1.44. The van der Waals surface area contributed by atoms with E-state index in [9.17, 15) is 14.4 Å². The van der Waals surface area contributed by atoms with Gasteiger partial charge in [-0.3, -0.25) is 9.59 Å². The van der Waals surface area contributed by atoms with Crippen LogP contribution in [0.25, 0.3) is 0 Å². The number of carbonyl (C=O) groups is 3. The van der Waals surface area contributed by atoms with Crippen LogP contribution in [0.2, 0.25) is 0 Å². The standard InChI is InChI=1S/C12H11IO5/c1-2-10(14)17-7-18-12(16)9-5-3-8(4-6-9)11(13)15/h3-6H,2,7H2,1H3. The summed E-state index contributed by atoms with van der Waals surface area (Å²) >= 11 is 1.66. The van der Waals surface area contributed by atoms with E-state index in [4.69, 9.17) is 4.74 Å². The van der Waals surface area contributed by atoms with Gasteiger partial charge in [0.2, 0.25) is 10.6 Å². The van der Waals surface area contributed by atoms with Gasteiger partial charge >= 0.3 is 11.9 Å². The van der Waals surface area contributed by atoms with Crippen molar-refractivity contribution in [3.8, 4) is 0 Å². The van der Waals surface area contributed by atoms with Crippen LogP contribution in [0.5, 0.6) is 0 Å². The van der Waals surface area contributed by atoms with Crippen LogP contribution < -0.4 is 0 Å². The van der Waals surface area contributed by atoms with Gasteiger partial charge in [0, 0.05) is 34.6 Å². The second-order valence-corrected chi connectivity index (χ2v) is 4.25.